The molecule has 136 valence electrons. The molecule has 10 heteroatoms. The van der Waals surface area contributed by atoms with Gasteiger partial charge in [-0.05, 0) is 25.5 Å². The van der Waals surface area contributed by atoms with Crippen LogP contribution >= 0.6 is 0 Å². The second-order valence-electron chi connectivity index (χ2n) is 5.57. The lowest BCUT2D eigenvalue weighted by molar-refractivity contribution is -0.144. The first-order valence-electron chi connectivity index (χ1n) is 7.74. The van der Waals surface area contributed by atoms with Crippen molar-refractivity contribution in [2.75, 3.05) is 5.32 Å². The Labute approximate surface area is 146 Å². The van der Waals surface area contributed by atoms with E-state index in [2.05, 4.69) is 20.5 Å². The fourth-order valence-electron chi connectivity index (χ4n) is 2.43. The summed E-state index contributed by atoms with van der Waals surface area (Å²) in [5.74, 6) is -2.36. The van der Waals surface area contributed by atoms with Crippen LogP contribution in [0.25, 0.3) is 5.69 Å². The molecule has 0 fully saturated rings. The molecular formula is C16H15F3N6O. The van der Waals surface area contributed by atoms with Crippen molar-refractivity contribution < 1.29 is 18.0 Å². The monoisotopic (exact) mass is 364 g/mol. The van der Waals surface area contributed by atoms with Crippen LogP contribution in [0.1, 0.15) is 34.4 Å². The van der Waals surface area contributed by atoms with E-state index in [-0.39, 0.29) is 5.56 Å². The Balaban J connectivity index is 1.86. The maximum Gasteiger partial charge on any atom is 0.451 e. The highest BCUT2D eigenvalue weighted by Gasteiger charge is 2.35. The summed E-state index contributed by atoms with van der Waals surface area (Å²) in [6, 6.07) is 7.58. The largest absolute Gasteiger partial charge is 0.451 e. The molecule has 0 saturated heterocycles. The molecule has 1 amide bonds. The van der Waals surface area contributed by atoms with Crippen LogP contribution in [0.15, 0.2) is 30.5 Å². The topological polar surface area (TPSA) is 88.5 Å². The van der Waals surface area contributed by atoms with E-state index in [9.17, 15) is 18.0 Å². The number of aromatic nitrogens is 5. The average molecular weight is 364 g/mol. The van der Waals surface area contributed by atoms with Crippen molar-refractivity contribution in [1.82, 2.24) is 25.0 Å². The summed E-state index contributed by atoms with van der Waals surface area (Å²) in [5.41, 5.74) is 2.73. The Kier molecular flexibility index (Phi) is 4.49. The Morgan fingerprint density at radius 1 is 1.27 bits per heavy atom. The van der Waals surface area contributed by atoms with Crippen molar-refractivity contribution in [1.29, 1.82) is 0 Å². The highest BCUT2D eigenvalue weighted by atomic mass is 19.4. The van der Waals surface area contributed by atoms with E-state index in [1.165, 1.54) is 6.20 Å². The summed E-state index contributed by atoms with van der Waals surface area (Å²) in [6.45, 7) is 3.81. The number of carbonyl (C=O) groups excluding carboxylic acids is 1. The quantitative estimate of drug-likeness (QED) is 0.744. The summed E-state index contributed by atoms with van der Waals surface area (Å²) in [6.07, 6.45) is -2.80. The Morgan fingerprint density at radius 2 is 1.96 bits per heavy atom. The second kappa shape index (κ2) is 6.62. The summed E-state index contributed by atoms with van der Waals surface area (Å²) in [7, 11) is 0. The number of H-pyrrole nitrogens is 1. The molecule has 7 nitrogen and oxygen atoms in total. The molecule has 26 heavy (non-hydrogen) atoms. The van der Waals surface area contributed by atoms with E-state index < -0.39 is 23.9 Å². The molecule has 2 N–H and O–H groups in total. The van der Waals surface area contributed by atoms with Crippen LogP contribution < -0.4 is 5.32 Å². The van der Waals surface area contributed by atoms with Gasteiger partial charge in [0.25, 0.3) is 5.91 Å². The third kappa shape index (κ3) is 3.44. The van der Waals surface area contributed by atoms with Crippen LogP contribution in [0.4, 0.5) is 19.1 Å². The zero-order valence-corrected chi connectivity index (χ0v) is 13.9. The third-order valence-electron chi connectivity index (χ3n) is 3.71. The van der Waals surface area contributed by atoms with Crippen molar-refractivity contribution in [2.24, 2.45) is 0 Å². The predicted molar refractivity (Wildman–Crippen MR) is 87.0 cm³/mol. The summed E-state index contributed by atoms with van der Waals surface area (Å²) in [4.78, 5) is 15.6. The maximum absolute atomic E-state index is 12.5. The minimum atomic E-state index is -4.67. The average Bonchev–Trinajstić information content (AvgIpc) is 3.21. The number of hydrogen-bond donors (Lipinski definition) is 2. The molecule has 0 aliphatic carbocycles. The highest BCUT2D eigenvalue weighted by molar-refractivity contribution is 6.04. The second-order valence-corrected chi connectivity index (χ2v) is 5.57. The minimum absolute atomic E-state index is 0.242. The van der Waals surface area contributed by atoms with Gasteiger partial charge in [0.15, 0.2) is 0 Å². The van der Waals surface area contributed by atoms with Crippen molar-refractivity contribution in [3.63, 3.8) is 0 Å². The molecule has 3 aromatic rings. The van der Waals surface area contributed by atoms with Gasteiger partial charge in [0.05, 0.1) is 23.1 Å². The van der Waals surface area contributed by atoms with Crippen LogP contribution in [-0.4, -0.2) is 30.9 Å². The van der Waals surface area contributed by atoms with E-state index in [1.807, 2.05) is 38.1 Å². The first-order valence-corrected chi connectivity index (χ1v) is 7.74. The first-order chi connectivity index (χ1) is 12.3. The van der Waals surface area contributed by atoms with Crippen molar-refractivity contribution in [3.05, 3.63) is 53.1 Å². The Bertz CT molecular complexity index is 926. The highest BCUT2D eigenvalue weighted by Crippen LogP contribution is 2.26. The smallest absolute Gasteiger partial charge is 0.289 e. The van der Waals surface area contributed by atoms with Gasteiger partial charge in [0.2, 0.25) is 11.8 Å². The number of aromatic amines is 1. The third-order valence-corrected chi connectivity index (χ3v) is 3.71. The summed E-state index contributed by atoms with van der Waals surface area (Å²) in [5, 5.41) is 11.6. The number of carbonyl (C=O) groups is 1. The van der Waals surface area contributed by atoms with Crippen LogP contribution in [0, 0.1) is 6.92 Å². The van der Waals surface area contributed by atoms with Gasteiger partial charge < -0.3 is 0 Å². The summed E-state index contributed by atoms with van der Waals surface area (Å²) < 4.78 is 39.2. The molecule has 0 bridgehead atoms. The number of halogens is 3. The van der Waals surface area contributed by atoms with Crippen LogP contribution in [0.2, 0.25) is 0 Å². The molecule has 0 atom stereocenters. The predicted octanol–water partition coefficient (Wildman–Crippen LogP) is 3.13. The number of nitrogens with one attached hydrogen (secondary N) is 2. The lowest BCUT2D eigenvalue weighted by Gasteiger charge is -2.08. The van der Waals surface area contributed by atoms with Crippen molar-refractivity contribution in [3.8, 4) is 5.69 Å². The molecule has 3 rings (SSSR count). The molecule has 0 unspecified atom stereocenters. The normalized spacial score (nSPS) is 11.6. The van der Waals surface area contributed by atoms with Crippen molar-refractivity contribution in [2.45, 2.75) is 26.4 Å². The number of rotatable bonds is 4. The number of nitrogens with zero attached hydrogens (tertiary/aromatic N) is 4. The van der Waals surface area contributed by atoms with Crippen LogP contribution in [0.3, 0.4) is 0 Å². The van der Waals surface area contributed by atoms with Gasteiger partial charge in [0, 0.05) is 0 Å². The van der Waals surface area contributed by atoms with Crippen LogP contribution in [-0.2, 0) is 12.6 Å². The zero-order chi connectivity index (χ0) is 18.9. The molecular weight excluding hydrogens is 349 g/mol. The van der Waals surface area contributed by atoms with E-state index in [1.54, 1.807) is 9.78 Å². The van der Waals surface area contributed by atoms with Crippen LogP contribution in [0.5, 0.6) is 0 Å². The molecule has 0 spiro atoms. The molecule has 2 aromatic heterocycles. The number of hydrogen-bond acceptors (Lipinski definition) is 4. The lowest BCUT2D eigenvalue weighted by atomic mass is 10.2. The van der Waals surface area contributed by atoms with Gasteiger partial charge >= 0.3 is 6.18 Å². The van der Waals surface area contributed by atoms with Gasteiger partial charge in [-0.25, -0.2) is 4.68 Å². The molecule has 1 aromatic carbocycles. The summed E-state index contributed by atoms with van der Waals surface area (Å²) >= 11 is 0. The van der Waals surface area contributed by atoms with E-state index in [0.29, 0.717) is 12.1 Å². The number of anilines is 1. The van der Waals surface area contributed by atoms with Gasteiger partial charge in [0.1, 0.15) is 0 Å². The van der Waals surface area contributed by atoms with Gasteiger partial charge in [-0.1, -0.05) is 24.6 Å². The Morgan fingerprint density at radius 3 is 2.54 bits per heavy atom. The van der Waals surface area contributed by atoms with E-state index >= 15 is 0 Å². The van der Waals surface area contributed by atoms with E-state index in [4.69, 9.17) is 0 Å². The maximum atomic E-state index is 12.5. The molecule has 0 saturated carbocycles. The number of benzene rings is 1. The van der Waals surface area contributed by atoms with Gasteiger partial charge in [-0.15, -0.1) is 5.10 Å². The molecule has 0 aliphatic heterocycles. The molecule has 0 radical (unpaired) electrons. The molecule has 2 heterocycles. The SMILES string of the molecule is CCc1c(C(=O)Nc2n[nH]c(C(F)(F)F)n2)cnn1-c1ccc(C)cc1. The van der Waals surface area contributed by atoms with Crippen molar-refractivity contribution >= 4 is 11.9 Å². The fourth-order valence-corrected chi connectivity index (χ4v) is 2.43. The minimum Gasteiger partial charge on any atom is -0.289 e. The van der Waals surface area contributed by atoms with E-state index in [0.717, 1.165) is 11.3 Å². The fraction of sp³-hybridized carbons (Fsp3) is 0.250. The standard InChI is InChI=1S/C16H15F3N6O/c1-3-12-11(8-20-25(12)10-6-4-9(2)5-7-10)13(26)21-15-22-14(23-24-15)16(17,18)19/h4-8H,3H2,1-2H3,(H2,21,22,23,24,26). The number of alkyl halides is 3. The first kappa shape index (κ1) is 17.6. The van der Waals surface area contributed by atoms with Gasteiger partial charge in [-0.3, -0.25) is 15.2 Å². The van der Waals surface area contributed by atoms with Gasteiger partial charge in [-0.2, -0.15) is 23.3 Å². The Hall–Kier alpha value is -3.17. The lowest BCUT2D eigenvalue weighted by Crippen LogP contribution is -2.15. The zero-order valence-electron chi connectivity index (χ0n) is 13.9. The molecule has 0 aliphatic rings. The number of aryl methyl sites for hydroxylation is 1. The number of amides is 1.